The van der Waals surface area contributed by atoms with Crippen molar-refractivity contribution in [2.24, 2.45) is 0 Å². The van der Waals surface area contributed by atoms with Gasteiger partial charge in [-0.15, -0.1) is 0 Å². The highest BCUT2D eigenvalue weighted by Crippen LogP contribution is 2.10. The molecule has 0 heterocycles. The van der Waals surface area contributed by atoms with Gasteiger partial charge in [-0.2, -0.15) is 0 Å². The Morgan fingerprint density at radius 1 is 0.739 bits per heavy atom. The van der Waals surface area contributed by atoms with Crippen LogP contribution in [0.2, 0.25) is 0 Å². The number of carbonyl (C=O) groups excluding carboxylic acids is 1. The molecule has 0 aromatic rings. The van der Waals surface area contributed by atoms with E-state index >= 15 is 0 Å². The maximum Gasteiger partial charge on any atom is 0.330 e. The van der Waals surface area contributed by atoms with Gasteiger partial charge in [-0.25, -0.2) is 4.79 Å². The molecule has 0 fully saturated rings. The summed E-state index contributed by atoms with van der Waals surface area (Å²) in [5.74, 6) is -0.334. The van der Waals surface area contributed by atoms with Crippen LogP contribution in [0.3, 0.4) is 0 Å². The van der Waals surface area contributed by atoms with Crippen molar-refractivity contribution in [1.82, 2.24) is 0 Å². The number of esters is 1. The SMILES string of the molecule is CCCCCCCCCCCC=CC=CC=C/C=C\C(=O)OC. The van der Waals surface area contributed by atoms with E-state index in [0.717, 1.165) is 6.42 Å². The number of methoxy groups -OCH3 is 1. The van der Waals surface area contributed by atoms with Crippen molar-refractivity contribution in [3.05, 3.63) is 48.6 Å². The van der Waals surface area contributed by atoms with Gasteiger partial charge in [0.1, 0.15) is 0 Å². The molecule has 0 spiro atoms. The number of rotatable bonds is 14. The van der Waals surface area contributed by atoms with Gasteiger partial charge in [-0.1, -0.05) is 101 Å². The molecule has 23 heavy (non-hydrogen) atoms. The van der Waals surface area contributed by atoms with Crippen molar-refractivity contribution in [3.63, 3.8) is 0 Å². The van der Waals surface area contributed by atoms with Gasteiger partial charge >= 0.3 is 5.97 Å². The molecular formula is C21H34O2. The second-order valence-electron chi connectivity index (χ2n) is 5.70. The van der Waals surface area contributed by atoms with Crippen LogP contribution < -0.4 is 0 Å². The Balaban J connectivity index is 3.40. The van der Waals surface area contributed by atoms with Crippen LogP contribution in [-0.4, -0.2) is 13.1 Å². The number of carbonyl (C=O) groups is 1. The Labute approximate surface area is 143 Å². The maximum absolute atomic E-state index is 10.8. The summed E-state index contributed by atoms with van der Waals surface area (Å²) in [6.07, 6.45) is 28.6. The molecule has 0 atom stereocenters. The van der Waals surface area contributed by atoms with E-state index in [0.29, 0.717) is 0 Å². The quantitative estimate of drug-likeness (QED) is 0.162. The Morgan fingerprint density at radius 3 is 1.87 bits per heavy atom. The lowest BCUT2D eigenvalue weighted by molar-refractivity contribution is -0.134. The molecule has 0 aromatic heterocycles. The van der Waals surface area contributed by atoms with Gasteiger partial charge in [0.2, 0.25) is 0 Å². The molecular weight excluding hydrogens is 284 g/mol. The summed E-state index contributed by atoms with van der Waals surface area (Å²) in [6, 6.07) is 0. The lowest BCUT2D eigenvalue weighted by Gasteiger charge is -2.00. The van der Waals surface area contributed by atoms with Gasteiger partial charge in [0.15, 0.2) is 0 Å². The molecule has 2 heteroatoms. The fraction of sp³-hybridized carbons (Fsp3) is 0.571. The minimum absolute atomic E-state index is 0.334. The van der Waals surface area contributed by atoms with E-state index in [1.807, 2.05) is 24.3 Å². The number of hydrogen-bond donors (Lipinski definition) is 0. The lowest BCUT2D eigenvalue weighted by Crippen LogP contribution is -1.92. The molecule has 0 unspecified atom stereocenters. The van der Waals surface area contributed by atoms with Crippen molar-refractivity contribution >= 4 is 5.97 Å². The number of hydrogen-bond acceptors (Lipinski definition) is 2. The summed E-state index contributed by atoms with van der Waals surface area (Å²) in [5.41, 5.74) is 0. The molecule has 0 aliphatic carbocycles. The average Bonchev–Trinajstić information content (AvgIpc) is 2.57. The Morgan fingerprint density at radius 2 is 1.26 bits per heavy atom. The number of unbranched alkanes of at least 4 members (excludes halogenated alkanes) is 9. The van der Waals surface area contributed by atoms with Crippen LogP contribution in [-0.2, 0) is 9.53 Å². The molecule has 0 saturated carbocycles. The molecule has 2 nitrogen and oxygen atoms in total. The smallest absolute Gasteiger partial charge is 0.330 e. The van der Waals surface area contributed by atoms with Gasteiger partial charge in [0.25, 0.3) is 0 Å². The normalized spacial score (nSPS) is 12.3. The second-order valence-corrected chi connectivity index (χ2v) is 5.70. The van der Waals surface area contributed by atoms with Crippen molar-refractivity contribution in [2.45, 2.75) is 71.1 Å². The third-order valence-corrected chi connectivity index (χ3v) is 3.60. The topological polar surface area (TPSA) is 26.3 Å². The summed E-state index contributed by atoms with van der Waals surface area (Å²) in [6.45, 7) is 2.27. The fourth-order valence-electron chi connectivity index (χ4n) is 2.21. The highest BCUT2D eigenvalue weighted by molar-refractivity contribution is 5.82. The van der Waals surface area contributed by atoms with Gasteiger partial charge in [-0.05, 0) is 12.8 Å². The predicted molar refractivity (Wildman–Crippen MR) is 100 cm³/mol. The van der Waals surface area contributed by atoms with Crippen LogP contribution in [0.5, 0.6) is 0 Å². The van der Waals surface area contributed by atoms with Gasteiger partial charge < -0.3 is 4.74 Å². The summed E-state index contributed by atoms with van der Waals surface area (Å²) < 4.78 is 4.49. The summed E-state index contributed by atoms with van der Waals surface area (Å²) >= 11 is 0. The van der Waals surface area contributed by atoms with E-state index < -0.39 is 0 Å². The predicted octanol–water partition coefficient (Wildman–Crippen LogP) is 6.31. The summed E-state index contributed by atoms with van der Waals surface area (Å²) in [4.78, 5) is 10.8. The van der Waals surface area contributed by atoms with Crippen molar-refractivity contribution < 1.29 is 9.53 Å². The first-order chi connectivity index (χ1) is 11.3. The number of allylic oxidation sites excluding steroid dienone is 7. The zero-order valence-corrected chi connectivity index (χ0v) is 15.0. The van der Waals surface area contributed by atoms with Crippen LogP contribution in [0, 0.1) is 0 Å². The van der Waals surface area contributed by atoms with Crippen LogP contribution in [0.4, 0.5) is 0 Å². The molecule has 0 aromatic carbocycles. The first kappa shape index (κ1) is 21.4. The van der Waals surface area contributed by atoms with E-state index in [1.54, 1.807) is 6.08 Å². The van der Waals surface area contributed by atoms with E-state index in [-0.39, 0.29) is 5.97 Å². The molecule has 130 valence electrons. The van der Waals surface area contributed by atoms with Gasteiger partial charge in [-0.3, -0.25) is 0 Å². The summed E-state index contributed by atoms with van der Waals surface area (Å²) in [5, 5.41) is 0. The van der Waals surface area contributed by atoms with E-state index in [9.17, 15) is 4.79 Å². The van der Waals surface area contributed by atoms with Gasteiger partial charge in [0.05, 0.1) is 7.11 Å². The average molecular weight is 319 g/mol. The first-order valence-corrected chi connectivity index (χ1v) is 9.05. The highest BCUT2D eigenvalue weighted by atomic mass is 16.5. The molecule has 0 saturated heterocycles. The van der Waals surface area contributed by atoms with E-state index in [4.69, 9.17) is 0 Å². The lowest BCUT2D eigenvalue weighted by atomic mass is 10.1. The monoisotopic (exact) mass is 318 g/mol. The van der Waals surface area contributed by atoms with Crippen molar-refractivity contribution in [1.29, 1.82) is 0 Å². The molecule has 0 aliphatic rings. The third kappa shape index (κ3) is 18.4. The van der Waals surface area contributed by atoms with Gasteiger partial charge in [0, 0.05) is 6.08 Å². The summed E-state index contributed by atoms with van der Waals surface area (Å²) in [7, 11) is 1.37. The maximum atomic E-state index is 10.8. The van der Waals surface area contributed by atoms with Crippen LogP contribution >= 0.6 is 0 Å². The molecule has 0 amide bonds. The second kappa shape index (κ2) is 18.5. The van der Waals surface area contributed by atoms with Crippen molar-refractivity contribution in [2.75, 3.05) is 7.11 Å². The molecule has 0 radical (unpaired) electrons. The Hall–Kier alpha value is -1.57. The Kier molecular flexibility index (Phi) is 17.2. The molecule has 0 bridgehead atoms. The standard InChI is InChI=1S/C21H34O2/c1-3-4-5-6-7-8-9-10-11-12-13-14-15-16-17-18-19-20-21(22)23-2/h13-20H,3-12H2,1-2H3/b14-13?,16-15?,18-17?,20-19-. The number of ether oxygens (including phenoxy) is 1. The van der Waals surface area contributed by atoms with Crippen LogP contribution in [0.1, 0.15) is 71.1 Å². The van der Waals surface area contributed by atoms with Crippen LogP contribution in [0.15, 0.2) is 48.6 Å². The molecule has 0 N–H and O–H groups in total. The van der Waals surface area contributed by atoms with Crippen LogP contribution in [0.25, 0.3) is 0 Å². The first-order valence-electron chi connectivity index (χ1n) is 9.05. The zero-order valence-electron chi connectivity index (χ0n) is 15.0. The van der Waals surface area contributed by atoms with E-state index in [1.165, 1.54) is 71.0 Å². The van der Waals surface area contributed by atoms with Crippen molar-refractivity contribution in [3.8, 4) is 0 Å². The highest BCUT2D eigenvalue weighted by Gasteiger charge is 1.90. The molecule has 0 aliphatic heterocycles. The molecule has 0 rings (SSSR count). The minimum atomic E-state index is -0.334. The third-order valence-electron chi connectivity index (χ3n) is 3.60. The van der Waals surface area contributed by atoms with E-state index in [2.05, 4.69) is 23.8 Å². The Bertz CT molecular complexity index is 375. The zero-order chi connectivity index (χ0) is 17.0. The largest absolute Gasteiger partial charge is 0.466 e. The fourth-order valence-corrected chi connectivity index (χ4v) is 2.21. The minimum Gasteiger partial charge on any atom is -0.466 e.